The third kappa shape index (κ3) is 4.23. The number of nitrogens with two attached hydrogens (primary N) is 1. The molecule has 0 saturated heterocycles. The van der Waals surface area contributed by atoms with Crippen LogP contribution in [0.15, 0.2) is 0 Å². The van der Waals surface area contributed by atoms with Crippen molar-refractivity contribution in [3.63, 3.8) is 0 Å². The zero-order chi connectivity index (χ0) is 12.9. The first-order valence-corrected chi connectivity index (χ1v) is 8.35. The molecule has 1 saturated carbocycles. The minimum Gasteiger partial charge on any atom is -0.326 e. The maximum Gasteiger partial charge on any atom is 0.215 e. The van der Waals surface area contributed by atoms with Crippen LogP contribution in [0.5, 0.6) is 0 Å². The lowest BCUT2D eigenvalue weighted by Gasteiger charge is -2.29. The maximum atomic E-state index is 12.1. The summed E-state index contributed by atoms with van der Waals surface area (Å²) in [5.74, 6) is 0.508. The average Bonchev–Trinajstić information content (AvgIpc) is 2.30. The van der Waals surface area contributed by atoms with Crippen molar-refractivity contribution in [3.05, 3.63) is 0 Å². The molecule has 0 radical (unpaired) electrons. The van der Waals surface area contributed by atoms with Gasteiger partial charge in [0.1, 0.15) is 0 Å². The highest BCUT2D eigenvalue weighted by Gasteiger charge is 2.28. The molecule has 1 rings (SSSR count). The minimum absolute atomic E-state index is 0.110. The second-order valence-electron chi connectivity index (χ2n) is 4.92. The van der Waals surface area contributed by atoms with Crippen molar-refractivity contribution in [3.8, 4) is 0 Å². The van der Waals surface area contributed by atoms with Crippen molar-refractivity contribution >= 4 is 10.0 Å². The predicted molar refractivity (Wildman–Crippen MR) is 71.3 cm³/mol. The highest BCUT2D eigenvalue weighted by Crippen LogP contribution is 2.26. The van der Waals surface area contributed by atoms with Crippen molar-refractivity contribution in [2.45, 2.75) is 52.0 Å². The van der Waals surface area contributed by atoms with Crippen LogP contribution >= 0.6 is 0 Å². The lowest BCUT2D eigenvalue weighted by Crippen LogP contribution is -2.43. The summed E-state index contributed by atoms with van der Waals surface area (Å²) >= 11 is 0. The monoisotopic (exact) mass is 262 g/mol. The smallest absolute Gasteiger partial charge is 0.215 e. The highest BCUT2D eigenvalue weighted by molar-refractivity contribution is 7.89. The normalized spacial score (nSPS) is 20.7. The first kappa shape index (κ1) is 14.9. The molecule has 0 aliphatic heterocycles. The molecule has 17 heavy (non-hydrogen) atoms. The van der Waals surface area contributed by atoms with Crippen LogP contribution in [-0.4, -0.2) is 37.6 Å². The standard InChI is InChI=1S/C12H26N2O2S/c1-3-14(4-2)17(15,16)10-12(13)11-8-6-5-7-9-11/h11-12H,3-10,13H2,1-2H3. The van der Waals surface area contributed by atoms with Gasteiger partial charge in [0, 0.05) is 19.1 Å². The molecule has 5 heteroatoms. The minimum atomic E-state index is -3.16. The molecule has 1 aliphatic rings. The molecule has 1 unspecified atom stereocenters. The van der Waals surface area contributed by atoms with E-state index in [4.69, 9.17) is 5.73 Å². The van der Waals surface area contributed by atoms with Gasteiger partial charge in [-0.2, -0.15) is 0 Å². The van der Waals surface area contributed by atoms with Gasteiger partial charge in [-0.25, -0.2) is 12.7 Å². The first-order valence-electron chi connectivity index (χ1n) is 6.74. The molecule has 4 nitrogen and oxygen atoms in total. The fraction of sp³-hybridized carbons (Fsp3) is 1.00. The fourth-order valence-electron chi connectivity index (χ4n) is 2.66. The number of hydrogen-bond acceptors (Lipinski definition) is 3. The SMILES string of the molecule is CCN(CC)S(=O)(=O)CC(N)C1CCCCC1. The summed E-state index contributed by atoms with van der Waals surface area (Å²) in [5, 5.41) is 0. The average molecular weight is 262 g/mol. The van der Waals surface area contributed by atoms with Gasteiger partial charge in [0.25, 0.3) is 0 Å². The van der Waals surface area contributed by atoms with E-state index in [1.54, 1.807) is 0 Å². The Balaban J connectivity index is 2.56. The van der Waals surface area contributed by atoms with Crippen LogP contribution in [0.4, 0.5) is 0 Å². The van der Waals surface area contributed by atoms with Crippen LogP contribution in [0.25, 0.3) is 0 Å². The van der Waals surface area contributed by atoms with Crippen molar-refractivity contribution < 1.29 is 8.42 Å². The number of hydrogen-bond donors (Lipinski definition) is 1. The van der Waals surface area contributed by atoms with Crippen LogP contribution in [0, 0.1) is 5.92 Å². The number of rotatable bonds is 6. The fourth-order valence-corrected chi connectivity index (χ4v) is 4.42. The second-order valence-corrected chi connectivity index (χ2v) is 6.94. The Morgan fingerprint density at radius 2 is 1.71 bits per heavy atom. The molecule has 0 bridgehead atoms. The van der Waals surface area contributed by atoms with Crippen LogP contribution in [0.3, 0.4) is 0 Å². The zero-order valence-electron chi connectivity index (χ0n) is 11.1. The van der Waals surface area contributed by atoms with Crippen LogP contribution in [0.1, 0.15) is 46.0 Å². The Bertz CT molecular complexity index is 306. The summed E-state index contributed by atoms with van der Waals surface area (Å²) in [5.41, 5.74) is 6.08. The first-order chi connectivity index (χ1) is 8.01. The van der Waals surface area contributed by atoms with E-state index in [2.05, 4.69) is 0 Å². The van der Waals surface area contributed by atoms with Crippen molar-refractivity contribution in [1.82, 2.24) is 4.31 Å². The van der Waals surface area contributed by atoms with Gasteiger partial charge in [-0.05, 0) is 18.8 Å². The molecule has 0 amide bonds. The molecule has 2 N–H and O–H groups in total. The Labute approximate surface area is 106 Å². The highest BCUT2D eigenvalue weighted by atomic mass is 32.2. The molecule has 0 aromatic rings. The second kappa shape index (κ2) is 6.71. The summed E-state index contributed by atoms with van der Waals surface area (Å²) in [4.78, 5) is 0. The number of sulfonamides is 1. The van der Waals surface area contributed by atoms with E-state index in [0.29, 0.717) is 19.0 Å². The quantitative estimate of drug-likeness (QED) is 0.790. The predicted octanol–water partition coefficient (Wildman–Crippen LogP) is 1.57. The van der Waals surface area contributed by atoms with E-state index in [9.17, 15) is 8.42 Å². The Kier molecular flexibility index (Phi) is 5.89. The summed E-state index contributed by atoms with van der Waals surface area (Å²) in [6.45, 7) is 4.81. The van der Waals surface area contributed by atoms with Crippen molar-refractivity contribution in [2.24, 2.45) is 11.7 Å². The molecule has 0 heterocycles. The molecule has 0 aromatic carbocycles. The van der Waals surface area contributed by atoms with Gasteiger partial charge in [-0.15, -0.1) is 0 Å². The summed E-state index contributed by atoms with van der Waals surface area (Å²) in [6, 6.07) is -0.194. The van der Waals surface area contributed by atoms with Gasteiger partial charge in [-0.1, -0.05) is 33.1 Å². The Morgan fingerprint density at radius 3 is 2.18 bits per heavy atom. The molecule has 0 aromatic heterocycles. The maximum absolute atomic E-state index is 12.1. The van der Waals surface area contributed by atoms with Gasteiger partial charge < -0.3 is 5.73 Å². The van der Waals surface area contributed by atoms with Crippen LogP contribution < -0.4 is 5.73 Å². The van der Waals surface area contributed by atoms with E-state index in [1.807, 2.05) is 13.8 Å². The van der Waals surface area contributed by atoms with Gasteiger partial charge >= 0.3 is 0 Å². The molecule has 1 aliphatic carbocycles. The summed E-state index contributed by atoms with van der Waals surface area (Å²) in [6.07, 6.45) is 5.85. The van der Waals surface area contributed by atoms with Crippen molar-refractivity contribution in [2.75, 3.05) is 18.8 Å². The van der Waals surface area contributed by atoms with E-state index >= 15 is 0 Å². The van der Waals surface area contributed by atoms with E-state index in [0.717, 1.165) is 12.8 Å². The van der Waals surface area contributed by atoms with E-state index in [-0.39, 0.29) is 11.8 Å². The molecule has 102 valence electrons. The lowest BCUT2D eigenvalue weighted by atomic mass is 9.85. The van der Waals surface area contributed by atoms with Gasteiger partial charge in [0.2, 0.25) is 10.0 Å². The third-order valence-corrected chi connectivity index (χ3v) is 5.87. The Hall–Kier alpha value is -0.130. The molecular weight excluding hydrogens is 236 g/mol. The van der Waals surface area contributed by atoms with Gasteiger partial charge in [0.05, 0.1) is 5.75 Å². The third-order valence-electron chi connectivity index (χ3n) is 3.76. The van der Waals surface area contributed by atoms with Gasteiger partial charge in [-0.3, -0.25) is 0 Å². The van der Waals surface area contributed by atoms with Gasteiger partial charge in [0.15, 0.2) is 0 Å². The summed E-state index contributed by atoms with van der Waals surface area (Å²) in [7, 11) is -3.16. The van der Waals surface area contributed by atoms with Crippen molar-refractivity contribution in [1.29, 1.82) is 0 Å². The van der Waals surface area contributed by atoms with Crippen LogP contribution in [0.2, 0.25) is 0 Å². The largest absolute Gasteiger partial charge is 0.326 e. The molecule has 1 atom stereocenters. The summed E-state index contributed by atoms with van der Waals surface area (Å²) < 4.78 is 25.7. The van der Waals surface area contributed by atoms with E-state index < -0.39 is 10.0 Å². The molecule has 0 spiro atoms. The molecular formula is C12H26N2O2S. The topological polar surface area (TPSA) is 63.4 Å². The zero-order valence-corrected chi connectivity index (χ0v) is 11.9. The van der Waals surface area contributed by atoms with Crippen LogP contribution in [-0.2, 0) is 10.0 Å². The van der Waals surface area contributed by atoms with E-state index in [1.165, 1.54) is 23.6 Å². The lowest BCUT2D eigenvalue weighted by molar-refractivity contribution is 0.314. The molecule has 1 fully saturated rings. The Morgan fingerprint density at radius 1 is 1.18 bits per heavy atom. The number of nitrogens with zero attached hydrogens (tertiary/aromatic N) is 1.